The van der Waals surface area contributed by atoms with Crippen LogP contribution >= 0.6 is 23.2 Å². The molecule has 0 aliphatic rings. The summed E-state index contributed by atoms with van der Waals surface area (Å²) >= 11 is 11.3. The molecule has 0 saturated heterocycles. The molecule has 0 fully saturated rings. The van der Waals surface area contributed by atoms with Gasteiger partial charge in [-0.05, 0) is 19.1 Å². The van der Waals surface area contributed by atoms with Gasteiger partial charge in [-0.3, -0.25) is 0 Å². The maximum Gasteiger partial charge on any atom is 0.148 e. The molecule has 0 radical (unpaired) electrons. The fraction of sp³-hybridized carbons (Fsp3) is 0.250. The van der Waals surface area contributed by atoms with Crippen molar-refractivity contribution in [1.82, 2.24) is 0 Å². The molecule has 0 bridgehead atoms. The molecule has 0 amide bonds. The first kappa shape index (κ1) is 9.78. The van der Waals surface area contributed by atoms with Crippen LogP contribution in [-0.4, -0.2) is 0 Å². The number of hydrogen-bond donors (Lipinski definition) is 1. The summed E-state index contributed by atoms with van der Waals surface area (Å²) < 4.78 is 13.2. The van der Waals surface area contributed by atoms with E-state index in [4.69, 9.17) is 28.9 Å². The number of rotatable bonds is 1. The minimum Gasteiger partial charge on any atom is -0.324 e. The molecule has 0 aliphatic carbocycles. The van der Waals surface area contributed by atoms with Crippen LogP contribution in [0.15, 0.2) is 12.1 Å². The third-order valence-electron chi connectivity index (χ3n) is 1.53. The van der Waals surface area contributed by atoms with E-state index in [0.29, 0.717) is 5.02 Å². The zero-order chi connectivity index (χ0) is 9.30. The van der Waals surface area contributed by atoms with E-state index in [1.807, 2.05) is 0 Å². The van der Waals surface area contributed by atoms with E-state index in [-0.39, 0.29) is 10.6 Å². The van der Waals surface area contributed by atoms with Crippen molar-refractivity contribution in [1.29, 1.82) is 0 Å². The van der Waals surface area contributed by atoms with Gasteiger partial charge in [-0.25, -0.2) is 4.39 Å². The monoisotopic (exact) mass is 207 g/mol. The van der Waals surface area contributed by atoms with Gasteiger partial charge in [0, 0.05) is 16.6 Å². The van der Waals surface area contributed by atoms with Crippen LogP contribution in [-0.2, 0) is 0 Å². The van der Waals surface area contributed by atoms with Crippen LogP contribution in [0.5, 0.6) is 0 Å². The largest absolute Gasteiger partial charge is 0.324 e. The fourth-order valence-electron chi connectivity index (χ4n) is 0.960. The van der Waals surface area contributed by atoms with E-state index < -0.39 is 11.9 Å². The summed E-state index contributed by atoms with van der Waals surface area (Å²) in [4.78, 5) is 0. The van der Waals surface area contributed by atoms with Crippen LogP contribution in [0, 0.1) is 5.82 Å². The number of benzene rings is 1. The topological polar surface area (TPSA) is 26.0 Å². The van der Waals surface area contributed by atoms with E-state index >= 15 is 0 Å². The summed E-state index contributed by atoms with van der Waals surface area (Å²) in [5, 5.41) is 0.360. The number of halogens is 3. The quantitative estimate of drug-likeness (QED) is 0.704. The lowest BCUT2D eigenvalue weighted by atomic mass is 10.1. The zero-order valence-electron chi connectivity index (χ0n) is 6.44. The Bertz CT molecular complexity index is 299. The highest BCUT2D eigenvalue weighted by Crippen LogP contribution is 2.28. The lowest BCUT2D eigenvalue weighted by Crippen LogP contribution is -2.08. The van der Waals surface area contributed by atoms with Crippen LogP contribution in [0.3, 0.4) is 0 Å². The van der Waals surface area contributed by atoms with E-state index in [0.717, 1.165) is 0 Å². The van der Waals surface area contributed by atoms with Gasteiger partial charge in [0.15, 0.2) is 0 Å². The first-order chi connectivity index (χ1) is 5.54. The maximum absolute atomic E-state index is 13.2. The fourth-order valence-corrected chi connectivity index (χ4v) is 1.44. The summed E-state index contributed by atoms with van der Waals surface area (Å²) in [6.07, 6.45) is 0. The second kappa shape index (κ2) is 3.60. The molecule has 1 rings (SSSR count). The first-order valence-electron chi connectivity index (χ1n) is 3.43. The van der Waals surface area contributed by atoms with Gasteiger partial charge in [0.1, 0.15) is 5.82 Å². The molecule has 4 heteroatoms. The van der Waals surface area contributed by atoms with Gasteiger partial charge >= 0.3 is 0 Å². The number of nitrogens with two attached hydrogens (primary N) is 1. The molecule has 0 aliphatic heterocycles. The van der Waals surface area contributed by atoms with Crippen molar-refractivity contribution in [3.63, 3.8) is 0 Å². The molecule has 1 nitrogen and oxygen atoms in total. The Balaban J connectivity index is 3.33. The van der Waals surface area contributed by atoms with E-state index in [2.05, 4.69) is 0 Å². The normalized spacial score (nSPS) is 13.1. The van der Waals surface area contributed by atoms with Gasteiger partial charge in [-0.1, -0.05) is 23.2 Å². The van der Waals surface area contributed by atoms with E-state index in [9.17, 15) is 4.39 Å². The van der Waals surface area contributed by atoms with Crippen molar-refractivity contribution >= 4 is 23.2 Å². The van der Waals surface area contributed by atoms with Crippen LogP contribution < -0.4 is 5.73 Å². The predicted molar refractivity (Wildman–Crippen MR) is 49.0 cm³/mol. The van der Waals surface area contributed by atoms with Crippen molar-refractivity contribution in [2.45, 2.75) is 13.0 Å². The van der Waals surface area contributed by atoms with Crippen molar-refractivity contribution in [3.8, 4) is 0 Å². The Morgan fingerprint density at radius 1 is 1.33 bits per heavy atom. The first-order valence-corrected chi connectivity index (χ1v) is 4.18. The lowest BCUT2D eigenvalue weighted by molar-refractivity contribution is 0.594. The average Bonchev–Trinajstić information content (AvgIpc) is 1.97. The molecule has 1 atom stereocenters. The highest BCUT2D eigenvalue weighted by molar-refractivity contribution is 6.33. The molecule has 0 aromatic heterocycles. The average molecular weight is 208 g/mol. The van der Waals surface area contributed by atoms with Crippen molar-refractivity contribution in [3.05, 3.63) is 33.6 Å². The minimum absolute atomic E-state index is 0.0479. The van der Waals surface area contributed by atoms with Crippen molar-refractivity contribution in [2.24, 2.45) is 5.73 Å². The molecule has 1 aromatic carbocycles. The minimum atomic E-state index is -0.529. The van der Waals surface area contributed by atoms with Crippen LogP contribution in [0.2, 0.25) is 10.0 Å². The van der Waals surface area contributed by atoms with E-state index in [1.54, 1.807) is 6.92 Å². The Labute approximate surface area is 80.3 Å². The summed E-state index contributed by atoms with van der Waals surface area (Å²) in [6, 6.07) is 2.49. The third kappa shape index (κ3) is 1.71. The maximum atomic E-state index is 13.2. The molecular formula is C8H8Cl2FN. The Hall–Kier alpha value is -0.310. The summed E-state index contributed by atoms with van der Waals surface area (Å²) in [5.74, 6) is -0.529. The van der Waals surface area contributed by atoms with E-state index in [1.165, 1.54) is 12.1 Å². The van der Waals surface area contributed by atoms with Crippen LogP contribution in [0.25, 0.3) is 0 Å². The molecule has 2 N–H and O–H groups in total. The van der Waals surface area contributed by atoms with Gasteiger partial charge in [0.2, 0.25) is 0 Å². The molecule has 0 heterocycles. The standard InChI is InChI=1S/C8H8Cl2FN/c1-4(12)7-5(9)2-3-6(10)8(7)11/h2-4H,12H2,1H3/t4-/m0/s1. The van der Waals surface area contributed by atoms with Gasteiger partial charge in [0.05, 0.1) is 5.02 Å². The Kier molecular flexibility index (Phi) is 2.94. The van der Waals surface area contributed by atoms with Crippen LogP contribution in [0.4, 0.5) is 4.39 Å². The SMILES string of the molecule is C[C@H](N)c1c(Cl)ccc(Cl)c1F. The van der Waals surface area contributed by atoms with Crippen LogP contribution in [0.1, 0.15) is 18.5 Å². The van der Waals surface area contributed by atoms with Gasteiger partial charge in [-0.15, -0.1) is 0 Å². The summed E-state index contributed by atoms with van der Waals surface area (Å²) in [7, 11) is 0. The molecule has 0 spiro atoms. The Morgan fingerprint density at radius 3 is 2.25 bits per heavy atom. The Morgan fingerprint density at radius 2 is 1.83 bits per heavy atom. The van der Waals surface area contributed by atoms with Gasteiger partial charge in [0.25, 0.3) is 0 Å². The summed E-state index contributed by atoms with van der Waals surface area (Å²) in [6.45, 7) is 1.65. The lowest BCUT2D eigenvalue weighted by Gasteiger charge is -2.09. The third-order valence-corrected chi connectivity index (χ3v) is 2.16. The highest BCUT2D eigenvalue weighted by atomic mass is 35.5. The summed E-state index contributed by atoms with van der Waals surface area (Å²) in [5.41, 5.74) is 5.77. The van der Waals surface area contributed by atoms with Crippen molar-refractivity contribution in [2.75, 3.05) is 0 Å². The molecular weight excluding hydrogens is 200 g/mol. The molecule has 12 heavy (non-hydrogen) atoms. The molecule has 0 saturated carbocycles. The van der Waals surface area contributed by atoms with Gasteiger partial charge < -0.3 is 5.73 Å². The smallest absolute Gasteiger partial charge is 0.148 e. The van der Waals surface area contributed by atoms with Gasteiger partial charge in [-0.2, -0.15) is 0 Å². The second-order valence-corrected chi connectivity index (χ2v) is 3.36. The predicted octanol–water partition coefficient (Wildman–Crippen LogP) is 3.15. The molecule has 1 aromatic rings. The second-order valence-electron chi connectivity index (χ2n) is 2.55. The van der Waals surface area contributed by atoms with Crippen molar-refractivity contribution < 1.29 is 4.39 Å². The molecule has 0 unspecified atom stereocenters. The highest BCUT2D eigenvalue weighted by Gasteiger charge is 2.13. The number of hydrogen-bond acceptors (Lipinski definition) is 1. The molecule has 66 valence electrons. The zero-order valence-corrected chi connectivity index (χ0v) is 7.96.